The number of ether oxygens (including phenoxy) is 2. The quantitative estimate of drug-likeness (QED) is 0.262. The van der Waals surface area contributed by atoms with Crippen LogP contribution in [-0.4, -0.2) is 37.3 Å². The molecular formula is C27H22F3N5O4. The largest absolute Gasteiger partial charge is 0.455 e. The number of aromatic nitrogens is 4. The molecule has 3 heterocycles. The fraction of sp³-hybridized carbons (Fsp3) is 0.185. The van der Waals surface area contributed by atoms with Gasteiger partial charge in [0, 0.05) is 29.5 Å². The number of carbonyl (C=O) groups is 2. The molecule has 5 rings (SSSR count). The van der Waals surface area contributed by atoms with Gasteiger partial charge in [0.25, 0.3) is 5.91 Å². The lowest BCUT2D eigenvalue weighted by molar-refractivity contribution is -0.137. The number of hydrogen-bond donors (Lipinski definition) is 2. The Bertz CT molecular complexity index is 1700. The van der Waals surface area contributed by atoms with Crippen molar-refractivity contribution in [2.75, 3.05) is 5.32 Å². The first-order valence-corrected chi connectivity index (χ1v) is 11.7. The first-order valence-electron chi connectivity index (χ1n) is 11.7. The zero-order chi connectivity index (χ0) is 27.9. The van der Waals surface area contributed by atoms with E-state index in [-0.39, 0.29) is 16.6 Å². The second-order valence-corrected chi connectivity index (χ2v) is 9.60. The first kappa shape index (κ1) is 25.8. The zero-order valence-corrected chi connectivity index (χ0v) is 21.0. The van der Waals surface area contributed by atoms with Gasteiger partial charge in [0.05, 0.1) is 16.6 Å². The van der Waals surface area contributed by atoms with Crippen molar-refractivity contribution in [3.63, 3.8) is 0 Å². The molecule has 0 saturated heterocycles. The van der Waals surface area contributed by atoms with Crippen LogP contribution in [-0.2, 0) is 10.9 Å². The molecular weight excluding hydrogens is 515 g/mol. The Morgan fingerprint density at radius 3 is 2.44 bits per heavy atom. The molecule has 0 aliphatic rings. The molecule has 2 N–H and O–H groups in total. The molecule has 5 aromatic rings. The third-order valence-corrected chi connectivity index (χ3v) is 5.54. The van der Waals surface area contributed by atoms with Crippen molar-refractivity contribution in [3.8, 4) is 11.5 Å². The molecule has 200 valence electrons. The monoisotopic (exact) mass is 537 g/mol. The summed E-state index contributed by atoms with van der Waals surface area (Å²) in [5.74, 6) is 0.225. The number of carbonyl (C=O) groups excluding carboxylic acids is 2. The number of nitrogens with zero attached hydrogens (tertiary/aromatic N) is 3. The number of benzene rings is 2. The average molecular weight is 537 g/mol. The number of pyridine rings is 1. The number of nitrogens with one attached hydrogen (secondary N) is 2. The molecule has 0 atom stereocenters. The molecule has 9 nitrogen and oxygen atoms in total. The molecule has 1 amide bonds. The summed E-state index contributed by atoms with van der Waals surface area (Å²) in [7, 11) is 0. The van der Waals surface area contributed by atoms with Gasteiger partial charge in [-0.25, -0.2) is 4.79 Å². The SMILES string of the molecule is CC(C)(C)OC(=O)n1nc(C(=O)Nc2ccc(Oc3ccnc4cc[nH]c34)cc2)c2cc(C(F)(F)F)ccc21. The van der Waals surface area contributed by atoms with E-state index in [2.05, 4.69) is 20.4 Å². The minimum Gasteiger partial charge on any atom is -0.455 e. The van der Waals surface area contributed by atoms with Gasteiger partial charge in [0.15, 0.2) is 11.4 Å². The van der Waals surface area contributed by atoms with Gasteiger partial charge in [-0.2, -0.15) is 23.0 Å². The zero-order valence-electron chi connectivity index (χ0n) is 21.0. The molecule has 0 aliphatic carbocycles. The van der Waals surface area contributed by atoms with E-state index in [1.165, 1.54) is 0 Å². The van der Waals surface area contributed by atoms with Crippen molar-refractivity contribution in [1.29, 1.82) is 0 Å². The molecule has 0 bridgehead atoms. The Hall–Kier alpha value is -4.87. The molecule has 0 fully saturated rings. The summed E-state index contributed by atoms with van der Waals surface area (Å²) < 4.78 is 52.2. The van der Waals surface area contributed by atoms with Gasteiger partial charge in [-0.05, 0) is 69.3 Å². The van der Waals surface area contributed by atoms with Crippen LogP contribution in [0, 0.1) is 0 Å². The number of hydrogen-bond acceptors (Lipinski definition) is 6. The molecule has 39 heavy (non-hydrogen) atoms. The maximum absolute atomic E-state index is 13.4. The lowest BCUT2D eigenvalue weighted by Gasteiger charge is -2.19. The number of anilines is 1. The predicted molar refractivity (Wildman–Crippen MR) is 137 cm³/mol. The van der Waals surface area contributed by atoms with Gasteiger partial charge in [0.1, 0.15) is 16.9 Å². The highest BCUT2D eigenvalue weighted by atomic mass is 19.4. The Labute approximate surface area is 219 Å². The predicted octanol–water partition coefficient (Wildman–Crippen LogP) is 6.76. The Morgan fingerprint density at radius 1 is 1.00 bits per heavy atom. The van der Waals surface area contributed by atoms with E-state index in [0.29, 0.717) is 17.2 Å². The van der Waals surface area contributed by atoms with Crippen LogP contribution in [0.5, 0.6) is 11.5 Å². The lowest BCUT2D eigenvalue weighted by atomic mass is 10.1. The van der Waals surface area contributed by atoms with Crippen LogP contribution >= 0.6 is 0 Å². The van der Waals surface area contributed by atoms with Gasteiger partial charge < -0.3 is 19.8 Å². The van der Waals surface area contributed by atoms with E-state index in [1.54, 1.807) is 63.5 Å². The smallest absolute Gasteiger partial charge is 0.435 e. The summed E-state index contributed by atoms with van der Waals surface area (Å²) in [6, 6.07) is 12.6. The van der Waals surface area contributed by atoms with Gasteiger partial charge in [-0.15, -0.1) is 0 Å². The molecule has 0 saturated carbocycles. The van der Waals surface area contributed by atoms with E-state index in [4.69, 9.17) is 9.47 Å². The highest BCUT2D eigenvalue weighted by Gasteiger charge is 2.33. The summed E-state index contributed by atoms with van der Waals surface area (Å²) >= 11 is 0. The average Bonchev–Trinajstić information content (AvgIpc) is 3.49. The number of rotatable bonds is 4. The van der Waals surface area contributed by atoms with Crippen molar-refractivity contribution >= 4 is 39.6 Å². The van der Waals surface area contributed by atoms with Gasteiger partial charge in [-0.3, -0.25) is 9.78 Å². The number of halogens is 3. The highest BCUT2D eigenvalue weighted by Crippen LogP contribution is 2.33. The summed E-state index contributed by atoms with van der Waals surface area (Å²) in [5, 5.41) is 6.47. The fourth-order valence-corrected chi connectivity index (χ4v) is 3.85. The third kappa shape index (κ3) is 5.40. The van der Waals surface area contributed by atoms with Crippen LogP contribution in [0.2, 0.25) is 0 Å². The Kier molecular flexibility index (Phi) is 6.25. The number of fused-ring (bicyclic) bond motifs is 2. The topological polar surface area (TPSA) is 111 Å². The second-order valence-electron chi connectivity index (χ2n) is 9.60. The van der Waals surface area contributed by atoms with Crippen LogP contribution in [0.4, 0.5) is 23.7 Å². The number of H-pyrrole nitrogens is 1. The van der Waals surface area contributed by atoms with Crippen LogP contribution in [0.25, 0.3) is 21.9 Å². The Balaban J connectivity index is 1.42. The molecule has 0 aliphatic heterocycles. The first-order chi connectivity index (χ1) is 18.4. The third-order valence-electron chi connectivity index (χ3n) is 5.54. The number of aromatic amines is 1. The number of amides is 1. The number of alkyl halides is 3. The van der Waals surface area contributed by atoms with Crippen molar-refractivity contribution < 1.29 is 32.2 Å². The highest BCUT2D eigenvalue weighted by molar-refractivity contribution is 6.12. The summed E-state index contributed by atoms with van der Waals surface area (Å²) in [6.07, 6.45) is -2.23. The van der Waals surface area contributed by atoms with Crippen LogP contribution in [0.3, 0.4) is 0 Å². The maximum atomic E-state index is 13.4. The van der Waals surface area contributed by atoms with E-state index in [0.717, 1.165) is 33.9 Å². The van der Waals surface area contributed by atoms with Crippen LogP contribution in [0.15, 0.2) is 67.0 Å². The van der Waals surface area contributed by atoms with Crippen molar-refractivity contribution in [2.45, 2.75) is 32.5 Å². The van der Waals surface area contributed by atoms with Crippen molar-refractivity contribution in [2.24, 2.45) is 0 Å². The van der Waals surface area contributed by atoms with E-state index in [1.807, 2.05) is 6.07 Å². The van der Waals surface area contributed by atoms with Crippen LogP contribution in [0.1, 0.15) is 36.8 Å². The van der Waals surface area contributed by atoms with Crippen molar-refractivity contribution in [3.05, 3.63) is 78.2 Å². The Morgan fingerprint density at radius 2 is 1.74 bits per heavy atom. The summed E-state index contributed by atoms with van der Waals surface area (Å²) in [4.78, 5) is 33.1. The summed E-state index contributed by atoms with van der Waals surface area (Å²) in [6.45, 7) is 4.90. The summed E-state index contributed by atoms with van der Waals surface area (Å²) in [5.41, 5.74) is -0.451. The maximum Gasteiger partial charge on any atom is 0.435 e. The van der Waals surface area contributed by atoms with Gasteiger partial charge in [-0.1, -0.05) is 0 Å². The molecule has 2 aromatic carbocycles. The second kappa shape index (κ2) is 9.46. The standard InChI is InChI=1S/C27H22F3N5O4/c1-26(2,3)39-25(37)35-20-9-4-15(27(28,29)30)14-18(20)22(34-35)24(36)33-16-5-7-17(8-6-16)38-21-11-13-31-19-10-12-32-23(19)21/h4-14,32H,1-3H3,(H,33,36). The minimum atomic E-state index is -4.66. The van der Waals surface area contributed by atoms with E-state index in [9.17, 15) is 22.8 Å². The normalized spacial score (nSPS) is 12.1. The van der Waals surface area contributed by atoms with Crippen molar-refractivity contribution in [1.82, 2.24) is 19.7 Å². The molecule has 0 unspecified atom stereocenters. The molecule has 12 heteroatoms. The fourth-order valence-electron chi connectivity index (χ4n) is 3.85. The molecule has 3 aromatic heterocycles. The van der Waals surface area contributed by atoms with E-state index < -0.39 is 29.3 Å². The van der Waals surface area contributed by atoms with E-state index >= 15 is 0 Å². The lowest BCUT2D eigenvalue weighted by Crippen LogP contribution is -2.28. The van der Waals surface area contributed by atoms with Gasteiger partial charge in [0.2, 0.25) is 0 Å². The minimum absolute atomic E-state index is 0.000805. The van der Waals surface area contributed by atoms with Gasteiger partial charge >= 0.3 is 12.3 Å². The molecule has 0 radical (unpaired) electrons. The van der Waals surface area contributed by atoms with Crippen LogP contribution < -0.4 is 10.1 Å². The molecule has 0 spiro atoms.